The molecule has 0 spiro atoms. The number of benzene rings is 2. The van der Waals surface area contributed by atoms with E-state index in [0.29, 0.717) is 11.3 Å². The number of aryl methyl sites for hydroxylation is 1. The Hall–Kier alpha value is -2.43. The van der Waals surface area contributed by atoms with Gasteiger partial charge in [0.2, 0.25) is 0 Å². The number of rotatable bonds is 3. The lowest BCUT2D eigenvalue weighted by atomic mass is 10.1. The van der Waals surface area contributed by atoms with Gasteiger partial charge in [0.1, 0.15) is 11.6 Å². The smallest absolute Gasteiger partial charge is 0.253 e. The molecule has 3 nitrogen and oxygen atoms in total. The molecule has 2 aromatic rings. The molecule has 20 heavy (non-hydrogen) atoms. The maximum Gasteiger partial charge on any atom is 0.253 e. The Morgan fingerprint density at radius 2 is 1.95 bits per heavy atom. The van der Waals surface area contributed by atoms with Crippen LogP contribution in [-0.4, -0.2) is 5.91 Å². The summed E-state index contributed by atoms with van der Waals surface area (Å²) in [7, 11) is 0. The number of nitrogens with two attached hydrogens (primary N) is 1. The zero-order valence-electron chi connectivity index (χ0n) is 10.9. The van der Waals surface area contributed by atoms with Crippen LogP contribution in [0.3, 0.4) is 0 Å². The van der Waals surface area contributed by atoms with Crippen LogP contribution in [0.5, 0.6) is 0 Å². The molecule has 0 aliphatic heterocycles. The second-order valence-electron chi connectivity index (χ2n) is 4.51. The van der Waals surface area contributed by atoms with Crippen LogP contribution in [0.2, 0.25) is 0 Å². The lowest BCUT2D eigenvalue weighted by Gasteiger charge is -2.09. The zero-order chi connectivity index (χ0) is 14.7. The van der Waals surface area contributed by atoms with Gasteiger partial charge in [-0.3, -0.25) is 4.79 Å². The van der Waals surface area contributed by atoms with Gasteiger partial charge in [-0.25, -0.2) is 8.78 Å². The first-order valence-electron chi connectivity index (χ1n) is 6.05. The highest BCUT2D eigenvalue weighted by Crippen LogP contribution is 2.14. The van der Waals surface area contributed by atoms with E-state index in [1.165, 1.54) is 0 Å². The van der Waals surface area contributed by atoms with E-state index >= 15 is 0 Å². The lowest BCUT2D eigenvalue weighted by Crippen LogP contribution is -2.24. The molecule has 2 aromatic carbocycles. The number of nitrogens with one attached hydrogen (secondary N) is 1. The van der Waals surface area contributed by atoms with Gasteiger partial charge in [-0.05, 0) is 37.3 Å². The van der Waals surface area contributed by atoms with Crippen molar-refractivity contribution in [3.63, 3.8) is 0 Å². The van der Waals surface area contributed by atoms with E-state index in [9.17, 15) is 13.6 Å². The van der Waals surface area contributed by atoms with E-state index in [-0.39, 0.29) is 12.1 Å². The van der Waals surface area contributed by atoms with E-state index < -0.39 is 17.5 Å². The maximum atomic E-state index is 13.4. The molecule has 3 N–H and O–H groups in total. The van der Waals surface area contributed by atoms with Crippen molar-refractivity contribution in [3.05, 3.63) is 64.7 Å². The largest absolute Gasteiger partial charge is 0.398 e. The van der Waals surface area contributed by atoms with Crippen LogP contribution >= 0.6 is 0 Å². The van der Waals surface area contributed by atoms with Gasteiger partial charge < -0.3 is 11.1 Å². The molecule has 0 aromatic heterocycles. The van der Waals surface area contributed by atoms with Crippen molar-refractivity contribution in [2.45, 2.75) is 13.5 Å². The molecule has 0 bridgehead atoms. The highest BCUT2D eigenvalue weighted by molar-refractivity contribution is 5.99. The molecule has 0 fully saturated rings. The number of halogens is 2. The Bertz CT molecular complexity index is 656. The quantitative estimate of drug-likeness (QED) is 0.847. The number of carbonyl (C=O) groups is 1. The minimum absolute atomic E-state index is 0.0876. The molecular weight excluding hydrogens is 262 g/mol. The summed E-state index contributed by atoms with van der Waals surface area (Å²) >= 11 is 0. The molecule has 2 rings (SSSR count). The molecule has 0 atom stereocenters. The molecule has 0 heterocycles. The summed E-state index contributed by atoms with van der Waals surface area (Å²) in [6, 6.07) is 8.17. The van der Waals surface area contributed by atoms with Gasteiger partial charge in [0, 0.05) is 17.8 Å². The van der Waals surface area contributed by atoms with Gasteiger partial charge in [-0.2, -0.15) is 0 Å². The Balaban J connectivity index is 2.12. The molecular formula is C15H14F2N2O. The molecule has 0 saturated heterocycles. The molecule has 0 aliphatic carbocycles. The van der Waals surface area contributed by atoms with Gasteiger partial charge in [0.05, 0.1) is 5.56 Å². The molecule has 0 radical (unpaired) electrons. The first-order chi connectivity index (χ1) is 9.47. The van der Waals surface area contributed by atoms with Gasteiger partial charge >= 0.3 is 0 Å². The minimum Gasteiger partial charge on any atom is -0.398 e. The predicted molar refractivity (Wildman–Crippen MR) is 73.1 cm³/mol. The second kappa shape index (κ2) is 5.69. The Kier molecular flexibility index (Phi) is 3.98. The van der Waals surface area contributed by atoms with Crippen molar-refractivity contribution < 1.29 is 13.6 Å². The molecule has 104 valence electrons. The standard InChI is InChI=1S/C15H14F2N2O/c1-9-2-5-14(18)12(6-9)15(20)19-8-10-7-11(16)3-4-13(10)17/h2-7H,8,18H2,1H3,(H,19,20). The first-order valence-corrected chi connectivity index (χ1v) is 6.05. The van der Waals surface area contributed by atoms with E-state index in [1.807, 2.05) is 6.92 Å². The normalized spacial score (nSPS) is 10.3. The summed E-state index contributed by atoms with van der Waals surface area (Å²) in [5.41, 5.74) is 7.36. The van der Waals surface area contributed by atoms with Gasteiger partial charge in [-0.1, -0.05) is 11.6 Å². The number of hydrogen-bond donors (Lipinski definition) is 2. The van der Waals surface area contributed by atoms with E-state index in [2.05, 4.69) is 5.32 Å². The van der Waals surface area contributed by atoms with Gasteiger partial charge in [0.25, 0.3) is 5.91 Å². The average Bonchev–Trinajstić information content (AvgIpc) is 2.42. The fraction of sp³-hybridized carbons (Fsp3) is 0.133. The van der Waals surface area contributed by atoms with E-state index in [1.54, 1.807) is 18.2 Å². The monoisotopic (exact) mass is 276 g/mol. The van der Waals surface area contributed by atoms with E-state index in [4.69, 9.17) is 5.73 Å². The van der Waals surface area contributed by atoms with Crippen molar-refractivity contribution in [1.82, 2.24) is 5.32 Å². The van der Waals surface area contributed by atoms with E-state index in [0.717, 1.165) is 23.8 Å². The molecule has 1 amide bonds. The van der Waals surface area contributed by atoms with Crippen molar-refractivity contribution in [2.75, 3.05) is 5.73 Å². The van der Waals surface area contributed by atoms with Crippen LogP contribution in [0.25, 0.3) is 0 Å². The first kappa shape index (κ1) is 14.0. The van der Waals surface area contributed by atoms with Crippen LogP contribution in [-0.2, 0) is 6.54 Å². The Morgan fingerprint density at radius 3 is 2.70 bits per heavy atom. The summed E-state index contributed by atoms with van der Waals surface area (Å²) in [6.07, 6.45) is 0. The highest BCUT2D eigenvalue weighted by atomic mass is 19.1. The average molecular weight is 276 g/mol. The number of nitrogen functional groups attached to an aromatic ring is 1. The van der Waals surface area contributed by atoms with Crippen LogP contribution < -0.4 is 11.1 Å². The maximum absolute atomic E-state index is 13.4. The molecule has 0 unspecified atom stereocenters. The summed E-state index contributed by atoms with van der Waals surface area (Å²) in [4.78, 5) is 12.0. The predicted octanol–water partition coefficient (Wildman–Crippen LogP) is 2.79. The molecule has 5 heteroatoms. The fourth-order valence-corrected chi connectivity index (χ4v) is 1.82. The number of anilines is 1. The summed E-state index contributed by atoms with van der Waals surface area (Å²) in [6.45, 7) is 1.73. The third kappa shape index (κ3) is 3.12. The van der Waals surface area contributed by atoms with Crippen LogP contribution in [0.15, 0.2) is 36.4 Å². The third-order valence-corrected chi connectivity index (χ3v) is 2.90. The van der Waals surface area contributed by atoms with Crippen LogP contribution in [0.1, 0.15) is 21.5 Å². The Labute approximate surface area is 115 Å². The fourth-order valence-electron chi connectivity index (χ4n) is 1.82. The third-order valence-electron chi connectivity index (χ3n) is 2.90. The van der Waals surface area contributed by atoms with Crippen LogP contribution in [0.4, 0.5) is 14.5 Å². The summed E-state index contributed by atoms with van der Waals surface area (Å²) in [5, 5.41) is 2.53. The van der Waals surface area contributed by atoms with Crippen molar-refractivity contribution in [3.8, 4) is 0 Å². The number of hydrogen-bond acceptors (Lipinski definition) is 2. The topological polar surface area (TPSA) is 55.1 Å². The van der Waals surface area contributed by atoms with Crippen LogP contribution in [0, 0.1) is 18.6 Å². The SMILES string of the molecule is Cc1ccc(N)c(C(=O)NCc2cc(F)ccc2F)c1. The molecule has 0 saturated carbocycles. The highest BCUT2D eigenvalue weighted by Gasteiger charge is 2.11. The molecule has 0 aliphatic rings. The van der Waals surface area contributed by atoms with Crippen molar-refractivity contribution in [1.29, 1.82) is 0 Å². The zero-order valence-corrected chi connectivity index (χ0v) is 10.9. The van der Waals surface area contributed by atoms with Crippen molar-refractivity contribution >= 4 is 11.6 Å². The van der Waals surface area contributed by atoms with Crippen molar-refractivity contribution in [2.24, 2.45) is 0 Å². The minimum atomic E-state index is -0.566. The second-order valence-corrected chi connectivity index (χ2v) is 4.51. The number of carbonyl (C=O) groups excluding carboxylic acids is 1. The summed E-state index contributed by atoms with van der Waals surface area (Å²) in [5.74, 6) is -1.54. The summed E-state index contributed by atoms with van der Waals surface area (Å²) < 4.78 is 26.4. The van der Waals surface area contributed by atoms with Gasteiger partial charge in [-0.15, -0.1) is 0 Å². The van der Waals surface area contributed by atoms with Gasteiger partial charge in [0.15, 0.2) is 0 Å². The lowest BCUT2D eigenvalue weighted by molar-refractivity contribution is 0.0951. The Morgan fingerprint density at radius 1 is 1.20 bits per heavy atom. The number of amides is 1.